The van der Waals surface area contributed by atoms with Crippen molar-refractivity contribution in [3.63, 3.8) is 0 Å². The van der Waals surface area contributed by atoms with Gasteiger partial charge in [0, 0.05) is 6.92 Å². The molecule has 1 N–H and O–H groups in total. The molecule has 0 bridgehead atoms. The summed E-state index contributed by atoms with van der Waals surface area (Å²) in [6.45, 7) is 3.10. The molecule has 1 aromatic rings. The summed E-state index contributed by atoms with van der Waals surface area (Å²) in [6.07, 6.45) is 0. The van der Waals surface area contributed by atoms with E-state index in [1.807, 2.05) is 0 Å². The largest absolute Gasteiger partial charge is 0.325 e. The molecule has 0 saturated carbocycles. The average molecular weight is 352 g/mol. The van der Waals surface area contributed by atoms with Gasteiger partial charge in [0.2, 0.25) is 5.91 Å². The Balaban J connectivity index is 3.44. The first-order valence-corrected chi connectivity index (χ1v) is 5.83. The number of carbonyl (C=O) groups is 1. The maximum Gasteiger partial charge on any atom is 0.299 e. The number of hydrogen-bond acceptors (Lipinski definition) is 3. The molecule has 1 rings (SSSR count). The predicted octanol–water partition coefficient (Wildman–Crippen LogP) is 3.39. The second-order valence-electron chi connectivity index (χ2n) is 3.15. The minimum absolute atomic E-state index is 0.102. The van der Waals surface area contributed by atoms with Crippen molar-refractivity contribution in [1.29, 1.82) is 0 Å². The highest BCUT2D eigenvalue weighted by molar-refractivity contribution is 9.11. The number of rotatable bonds is 2. The highest BCUT2D eigenvalue weighted by Gasteiger charge is 2.22. The topological polar surface area (TPSA) is 72.2 Å². The van der Waals surface area contributed by atoms with Crippen LogP contribution in [0.1, 0.15) is 12.5 Å². The highest BCUT2D eigenvalue weighted by Crippen LogP contribution is 2.40. The molecule has 0 unspecified atom stereocenters. The molecule has 0 saturated heterocycles. The maximum atomic E-state index is 11.0. The van der Waals surface area contributed by atoms with Crippen LogP contribution in [0.5, 0.6) is 0 Å². The zero-order chi connectivity index (χ0) is 12.5. The van der Waals surface area contributed by atoms with E-state index < -0.39 is 4.92 Å². The van der Waals surface area contributed by atoms with E-state index in [1.165, 1.54) is 6.92 Å². The number of amides is 1. The third-order valence-corrected chi connectivity index (χ3v) is 3.25. The van der Waals surface area contributed by atoms with Crippen molar-refractivity contribution in [2.24, 2.45) is 0 Å². The number of nitrogens with one attached hydrogen (secondary N) is 1. The third-order valence-electron chi connectivity index (χ3n) is 1.87. The van der Waals surface area contributed by atoms with E-state index in [2.05, 4.69) is 37.2 Å². The highest BCUT2D eigenvalue weighted by atomic mass is 79.9. The fourth-order valence-corrected chi connectivity index (χ4v) is 2.95. The molecule has 7 heteroatoms. The van der Waals surface area contributed by atoms with E-state index in [9.17, 15) is 14.9 Å². The van der Waals surface area contributed by atoms with Crippen LogP contribution in [-0.4, -0.2) is 10.8 Å². The third kappa shape index (κ3) is 2.59. The van der Waals surface area contributed by atoms with Gasteiger partial charge in [0.05, 0.1) is 15.1 Å². The molecule has 1 amide bonds. The molecule has 0 fully saturated rings. The van der Waals surface area contributed by atoms with Gasteiger partial charge in [0.15, 0.2) is 0 Å². The Kier molecular flexibility index (Phi) is 4.03. The van der Waals surface area contributed by atoms with Gasteiger partial charge in [-0.3, -0.25) is 14.9 Å². The van der Waals surface area contributed by atoms with Crippen LogP contribution in [0.2, 0.25) is 0 Å². The first-order valence-electron chi connectivity index (χ1n) is 4.25. The maximum absolute atomic E-state index is 11.0. The number of nitro groups is 1. The van der Waals surface area contributed by atoms with E-state index in [0.29, 0.717) is 10.2 Å². The molecule has 16 heavy (non-hydrogen) atoms. The molecule has 0 heterocycles. The van der Waals surface area contributed by atoms with Gasteiger partial charge in [0.1, 0.15) is 4.47 Å². The van der Waals surface area contributed by atoms with Crippen LogP contribution in [0.15, 0.2) is 15.0 Å². The quantitative estimate of drug-likeness (QED) is 0.655. The van der Waals surface area contributed by atoms with Crippen LogP contribution in [0, 0.1) is 17.0 Å². The molecule has 0 aromatic heterocycles. The molecular formula is C9H8Br2N2O3. The van der Waals surface area contributed by atoms with Gasteiger partial charge in [-0.05, 0) is 50.4 Å². The van der Waals surface area contributed by atoms with Crippen molar-refractivity contribution in [2.45, 2.75) is 13.8 Å². The normalized spacial score (nSPS) is 10.0. The predicted molar refractivity (Wildman–Crippen MR) is 67.5 cm³/mol. The van der Waals surface area contributed by atoms with Crippen LogP contribution >= 0.6 is 31.9 Å². The Morgan fingerprint density at radius 3 is 2.50 bits per heavy atom. The van der Waals surface area contributed by atoms with Gasteiger partial charge in [-0.2, -0.15) is 0 Å². The Bertz CT molecular complexity index is 474. The Morgan fingerprint density at radius 2 is 2.06 bits per heavy atom. The number of halogens is 2. The molecule has 0 aliphatic heterocycles. The van der Waals surface area contributed by atoms with Crippen molar-refractivity contribution < 1.29 is 9.72 Å². The van der Waals surface area contributed by atoms with Crippen LogP contribution in [-0.2, 0) is 4.79 Å². The molecule has 0 aliphatic carbocycles. The van der Waals surface area contributed by atoms with Crippen LogP contribution in [0.25, 0.3) is 0 Å². The first kappa shape index (κ1) is 13.1. The second kappa shape index (κ2) is 4.92. The fourth-order valence-electron chi connectivity index (χ4n) is 1.22. The summed E-state index contributed by atoms with van der Waals surface area (Å²) in [5.41, 5.74) is 1.05. The average Bonchev–Trinajstić information content (AvgIpc) is 2.10. The smallest absolute Gasteiger partial charge is 0.299 e. The molecule has 0 spiro atoms. The van der Waals surface area contributed by atoms with E-state index >= 15 is 0 Å². The van der Waals surface area contributed by atoms with Crippen molar-refractivity contribution in [3.8, 4) is 0 Å². The van der Waals surface area contributed by atoms with E-state index in [0.717, 1.165) is 5.56 Å². The van der Waals surface area contributed by atoms with E-state index in [-0.39, 0.29) is 16.1 Å². The summed E-state index contributed by atoms with van der Waals surface area (Å²) in [5.74, 6) is -0.277. The summed E-state index contributed by atoms with van der Waals surface area (Å²) >= 11 is 6.24. The molecule has 0 aliphatic rings. The number of carbonyl (C=O) groups excluding carboxylic acids is 1. The van der Waals surface area contributed by atoms with Crippen LogP contribution < -0.4 is 5.32 Å². The lowest BCUT2D eigenvalue weighted by Crippen LogP contribution is -2.09. The first-order chi connectivity index (χ1) is 7.34. The van der Waals surface area contributed by atoms with Crippen molar-refractivity contribution in [3.05, 3.63) is 30.7 Å². The summed E-state index contributed by atoms with van der Waals surface area (Å²) < 4.78 is 0.635. The number of anilines is 1. The lowest BCUT2D eigenvalue weighted by Gasteiger charge is -2.10. The Hall–Kier alpha value is -0.950. The summed E-state index contributed by atoms with van der Waals surface area (Å²) in [5, 5.41) is 13.4. The van der Waals surface area contributed by atoms with Gasteiger partial charge >= 0.3 is 0 Å². The minimum Gasteiger partial charge on any atom is -0.325 e. The molecule has 1 aromatic carbocycles. The van der Waals surface area contributed by atoms with Crippen LogP contribution in [0.3, 0.4) is 0 Å². The number of nitrogens with zero attached hydrogens (tertiary/aromatic N) is 1. The zero-order valence-electron chi connectivity index (χ0n) is 8.51. The molecule has 0 radical (unpaired) electrons. The summed E-state index contributed by atoms with van der Waals surface area (Å²) in [7, 11) is 0. The lowest BCUT2D eigenvalue weighted by molar-refractivity contribution is -0.386. The second-order valence-corrected chi connectivity index (χ2v) is 4.80. The number of hydrogen-bond donors (Lipinski definition) is 1. The van der Waals surface area contributed by atoms with Crippen molar-refractivity contribution >= 4 is 49.1 Å². The monoisotopic (exact) mass is 350 g/mol. The van der Waals surface area contributed by atoms with Gasteiger partial charge < -0.3 is 5.32 Å². The van der Waals surface area contributed by atoms with Crippen LogP contribution in [0.4, 0.5) is 11.4 Å². The fraction of sp³-hybridized carbons (Fsp3) is 0.222. The van der Waals surface area contributed by atoms with Gasteiger partial charge in [-0.25, -0.2) is 0 Å². The lowest BCUT2D eigenvalue weighted by atomic mass is 10.2. The van der Waals surface area contributed by atoms with Gasteiger partial charge in [-0.1, -0.05) is 0 Å². The van der Waals surface area contributed by atoms with E-state index in [1.54, 1.807) is 13.0 Å². The Labute approximate surface area is 109 Å². The zero-order valence-corrected chi connectivity index (χ0v) is 11.7. The Morgan fingerprint density at radius 1 is 1.50 bits per heavy atom. The molecular weight excluding hydrogens is 344 g/mol. The van der Waals surface area contributed by atoms with Gasteiger partial charge in [-0.15, -0.1) is 0 Å². The van der Waals surface area contributed by atoms with Crippen molar-refractivity contribution in [2.75, 3.05) is 5.32 Å². The molecule has 86 valence electrons. The standard InChI is InChI=1S/C9H8Br2N2O3/c1-4-3-6(10)9(13(15)16)7(11)8(4)12-5(2)14/h3H,1-2H3,(H,12,14). The van der Waals surface area contributed by atoms with E-state index in [4.69, 9.17) is 0 Å². The number of nitro benzene ring substituents is 1. The number of benzene rings is 1. The van der Waals surface area contributed by atoms with Gasteiger partial charge in [0.25, 0.3) is 5.69 Å². The number of aryl methyl sites for hydroxylation is 1. The SMILES string of the molecule is CC(=O)Nc1c(C)cc(Br)c([N+](=O)[O-])c1Br. The van der Waals surface area contributed by atoms with Crippen molar-refractivity contribution in [1.82, 2.24) is 0 Å². The minimum atomic E-state index is -0.515. The summed E-state index contributed by atoms with van der Waals surface area (Å²) in [6, 6.07) is 1.59. The molecule has 5 nitrogen and oxygen atoms in total. The summed E-state index contributed by atoms with van der Waals surface area (Å²) in [4.78, 5) is 21.3. The molecule has 0 atom stereocenters.